The monoisotopic (exact) mass is 450 g/mol. The minimum absolute atomic E-state index is 0.0139. The second-order valence-corrected chi connectivity index (χ2v) is 8.98. The van der Waals surface area contributed by atoms with Gasteiger partial charge in [0.1, 0.15) is 0 Å². The molecule has 1 unspecified atom stereocenters. The fourth-order valence-electron chi connectivity index (χ4n) is 3.20. The van der Waals surface area contributed by atoms with Gasteiger partial charge in [-0.2, -0.15) is 0 Å². The van der Waals surface area contributed by atoms with E-state index in [1.54, 1.807) is 37.1 Å². The molecule has 2 aromatic carbocycles. The van der Waals surface area contributed by atoms with Gasteiger partial charge in [0.2, 0.25) is 0 Å². The first-order valence-corrected chi connectivity index (χ1v) is 10.4. The van der Waals surface area contributed by atoms with Crippen molar-refractivity contribution >= 4 is 34.3 Å². The van der Waals surface area contributed by atoms with Crippen LogP contribution in [-0.2, 0) is 0 Å². The van der Waals surface area contributed by atoms with Gasteiger partial charge in [-0.3, -0.25) is 5.01 Å². The number of nitrogens with one attached hydrogen (secondary N) is 1. The predicted octanol–water partition coefficient (Wildman–Crippen LogP) is 5.99. The summed E-state index contributed by atoms with van der Waals surface area (Å²) < 4.78 is 41.2. The molecule has 0 amide bonds. The Morgan fingerprint density at radius 1 is 1.00 bits per heavy atom. The molecule has 0 saturated heterocycles. The summed E-state index contributed by atoms with van der Waals surface area (Å²) in [4.78, 5) is 1.20. The van der Waals surface area contributed by atoms with Crippen LogP contribution < -0.4 is 10.4 Å². The standard InChI is InChI=1S/C22H18ClF3N2OS/c1-22(2,29)19-11-16(28(27-19)15-6-4-3-5-13(15)23)18-10-9-17(30-18)12-7-8-14(24)21(26)20(12)25/h3-11,19,27,29H,1-2H3. The highest BCUT2D eigenvalue weighted by Crippen LogP contribution is 2.40. The first-order chi connectivity index (χ1) is 14.2. The molecule has 3 aromatic rings. The van der Waals surface area contributed by atoms with E-state index in [1.807, 2.05) is 24.3 Å². The van der Waals surface area contributed by atoms with E-state index in [4.69, 9.17) is 11.6 Å². The van der Waals surface area contributed by atoms with Crippen molar-refractivity contribution in [3.63, 3.8) is 0 Å². The number of halogens is 4. The Morgan fingerprint density at radius 2 is 1.70 bits per heavy atom. The molecule has 1 aliphatic heterocycles. The zero-order valence-corrected chi connectivity index (χ0v) is 17.7. The lowest BCUT2D eigenvalue weighted by molar-refractivity contribution is 0.0573. The maximum absolute atomic E-state index is 14.3. The van der Waals surface area contributed by atoms with Gasteiger partial charge in [0.05, 0.1) is 32.9 Å². The molecular formula is C22H18ClF3N2OS. The summed E-state index contributed by atoms with van der Waals surface area (Å²) in [6.45, 7) is 3.37. The summed E-state index contributed by atoms with van der Waals surface area (Å²) in [7, 11) is 0. The number of hydrogen-bond acceptors (Lipinski definition) is 4. The van der Waals surface area contributed by atoms with Crippen LogP contribution in [0.4, 0.5) is 18.9 Å². The van der Waals surface area contributed by atoms with Gasteiger partial charge in [-0.1, -0.05) is 23.7 Å². The van der Waals surface area contributed by atoms with Crippen molar-refractivity contribution in [1.82, 2.24) is 5.43 Å². The van der Waals surface area contributed by atoms with Crippen LogP contribution in [0.15, 0.2) is 54.6 Å². The third-order valence-electron chi connectivity index (χ3n) is 4.85. The average molecular weight is 451 g/mol. The average Bonchev–Trinajstić information content (AvgIpc) is 3.33. The fourth-order valence-corrected chi connectivity index (χ4v) is 4.46. The number of rotatable bonds is 4. The zero-order valence-electron chi connectivity index (χ0n) is 16.1. The van der Waals surface area contributed by atoms with Crippen LogP contribution in [-0.4, -0.2) is 16.7 Å². The Bertz CT molecular complexity index is 1140. The van der Waals surface area contributed by atoms with Gasteiger partial charge < -0.3 is 5.11 Å². The molecule has 0 saturated carbocycles. The fraction of sp³-hybridized carbons (Fsp3) is 0.182. The molecule has 30 heavy (non-hydrogen) atoms. The van der Waals surface area contributed by atoms with Crippen LogP contribution in [0.3, 0.4) is 0 Å². The van der Waals surface area contributed by atoms with Crippen molar-refractivity contribution in [3.8, 4) is 10.4 Å². The van der Waals surface area contributed by atoms with Crippen LogP contribution in [0.25, 0.3) is 16.1 Å². The van der Waals surface area contributed by atoms with Crippen molar-refractivity contribution in [1.29, 1.82) is 0 Å². The Hall–Kier alpha value is -2.32. The van der Waals surface area contributed by atoms with E-state index >= 15 is 0 Å². The summed E-state index contributed by atoms with van der Waals surface area (Å²) in [6.07, 6.45) is 1.86. The Kier molecular flexibility index (Phi) is 5.40. The molecule has 1 aliphatic rings. The Balaban J connectivity index is 1.77. The van der Waals surface area contributed by atoms with Crippen LogP contribution in [0.1, 0.15) is 18.7 Å². The molecule has 0 bridgehead atoms. The molecule has 0 spiro atoms. The Labute approximate surface area is 181 Å². The second-order valence-electron chi connectivity index (χ2n) is 7.49. The maximum Gasteiger partial charge on any atom is 0.195 e. The molecule has 4 rings (SSSR count). The molecule has 3 nitrogen and oxygen atoms in total. The van der Waals surface area contributed by atoms with Crippen molar-refractivity contribution in [2.75, 3.05) is 5.01 Å². The Morgan fingerprint density at radius 3 is 2.40 bits per heavy atom. The van der Waals surface area contributed by atoms with E-state index in [0.717, 1.165) is 16.6 Å². The lowest BCUT2D eigenvalue weighted by atomic mass is 9.99. The number of thiophene rings is 1. The number of anilines is 1. The highest BCUT2D eigenvalue weighted by molar-refractivity contribution is 7.16. The van der Waals surface area contributed by atoms with E-state index < -0.39 is 29.1 Å². The van der Waals surface area contributed by atoms with E-state index in [9.17, 15) is 18.3 Å². The third-order valence-corrected chi connectivity index (χ3v) is 6.31. The van der Waals surface area contributed by atoms with Crippen molar-refractivity contribution < 1.29 is 18.3 Å². The van der Waals surface area contributed by atoms with Gasteiger partial charge in [-0.15, -0.1) is 11.3 Å². The third kappa shape index (κ3) is 3.74. The van der Waals surface area contributed by atoms with Gasteiger partial charge in [-0.05, 0) is 56.3 Å². The molecule has 156 valence electrons. The van der Waals surface area contributed by atoms with Gasteiger partial charge >= 0.3 is 0 Å². The van der Waals surface area contributed by atoms with E-state index in [-0.39, 0.29) is 5.56 Å². The summed E-state index contributed by atoms with van der Waals surface area (Å²) in [5.74, 6) is -3.95. The number of benzene rings is 2. The molecule has 8 heteroatoms. The van der Waals surface area contributed by atoms with Crippen LogP contribution >= 0.6 is 22.9 Å². The highest BCUT2D eigenvalue weighted by atomic mass is 35.5. The number of hydrogen-bond donors (Lipinski definition) is 2. The molecule has 0 aliphatic carbocycles. The molecule has 0 radical (unpaired) electrons. The molecular weight excluding hydrogens is 433 g/mol. The van der Waals surface area contributed by atoms with Crippen molar-refractivity contribution in [3.05, 3.63) is 82.0 Å². The highest BCUT2D eigenvalue weighted by Gasteiger charge is 2.35. The quantitative estimate of drug-likeness (QED) is 0.479. The smallest absolute Gasteiger partial charge is 0.195 e. The lowest BCUT2D eigenvalue weighted by Gasteiger charge is -2.29. The minimum atomic E-state index is -1.50. The predicted molar refractivity (Wildman–Crippen MR) is 115 cm³/mol. The number of hydrazine groups is 1. The lowest BCUT2D eigenvalue weighted by Crippen LogP contribution is -2.48. The largest absolute Gasteiger partial charge is 0.388 e. The SMILES string of the molecule is CC(C)(O)C1C=C(c2ccc(-c3ccc(F)c(F)c3F)s2)N(c2ccccc2Cl)N1. The molecule has 1 atom stereocenters. The summed E-state index contributed by atoms with van der Waals surface area (Å²) in [5.41, 5.74) is 3.57. The summed E-state index contributed by atoms with van der Waals surface area (Å²) in [5, 5.41) is 12.8. The van der Waals surface area contributed by atoms with Gasteiger partial charge in [0.25, 0.3) is 0 Å². The molecule has 0 fully saturated rings. The summed E-state index contributed by atoms with van der Waals surface area (Å²) >= 11 is 7.60. The molecule has 1 aromatic heterocycles. The van der Waals surface area contributed by atoms with Gasteiger partial charge in [0, 0.05) is 10.4 Å². The topological polar surface area (TPSA) is 35.5 Å². The summed E-state index contributed by atoms with van der Waals surface area (Å²) in [6, 6.07) is 12.4. The van der Waals surface area contributed by atoms with Crippen LogP contribution in [0, 0.1) is 17.5 Å². The van der Waals surface area contributed by atoms with Gasteiger partial charge in [0.15, 0.2) is 17.5 Å². The van der Waals surface area contributed by atoms with Crippen LogP contribution in [0.2, 0.25) is 5.02 Å². The van der Waals surface area contributed by atoms with Crippen LogP contribution in [0.5, 0.6) is 0 Å². The van der Waals surface area contributed by atoms with Crippen molar-refractivity contribution in [2.24, 2.45) is 0 Å². The van der Waals surface area contributed by atoms with Crippen molar-refractivity contribution in [2.45, 2.75) is 25.5 Å². The minimum Gasteiger partial charge on any atom is -0.388 e. The molecule has 2 N–H and O–H groups in total. The molecule has 2 heterocycles. The normalized spacial score (nSPS) is 16.8. The van der Waals surface area contributed by atoms with E-state index in [2.05, 4.69) is 5.43 Å². The number of para-hydroxylation sites is 1. The first-order valence-electron chi connectivity index (χ1n) is 9.16. The van der Waals surface area contributed by atoms with E-state index in [0.29, 0.717) is 15.6 Å². The number of nitrogens with zero attached hydrogens (tertiary/aromatic N) is 1. The maximum atomic E-state index is 14.3. The zero-order chi connectivity index (χ0) is 21.6. The second kappa shape index (κ2) is 7.74. The number of aliphatic hydroxyl groups is 1. The first kappa shape index (κ1) is 20.9. The van der Waals surface area contributed by atoms with E-state index in [1.165, 1.54) is 17.4 Å². The van der Waals surface area contributed by atoms with Gasteiger partial charge in [-0.25, -0.2) is 18.6 Å².